The minimum absolute atomic E-state index is 0.111. The van der Waals surface area contributed by atoms with E-state index < -0.39 is 0 Å². The van der Waals surface area contributed by atoms with Gasteiger partial charge in [-0.15, -0.1) is 0 Å². The van der Waals surface area contributed by atoms with E-state index in [4.69, 9.17) is 10.6 Å². The molecular weight excluding hydrogens is 218 g/mol. The van der Waals surface area contributed by atoms with Gasteiger partial charge in [0.2, 0.25) is 0 Å². The summed E-state index contributed by atoms with van der Waals surface area (Å²) in [6.07, 6.45) is 2.48. The highest BCUT2D eigenvalue weighted by Gasteiger charge is 2.30. The Labute approximate surface area is 104 Å². The first kappa shape index (κ1) is 14.4. The fraction of sp³-hybridized carbons (Fsp3) is 0.917. The molecule has 0 aromatic rings. The molecule has 0 aromatic carbocycles. The van der Waals surface area contributed by atoms with Gasteiger partial charge in [-0.2, -0.15) is 0 Å². The molecular formula is C12H25N3O2. The zero-order valence-corrected chi connectivity index (χ0v) is 11.1. The zero-order valence-electron chi connectivity index (χ0n) is 11.1. The summed E-state index contributed by atoms with van der Waals surface area (Å²) in [5.41, 5.74) is 2.26. The molecule has 5 nitrogen and oxygen atoms in total. The van der Waals surface area contributed by atoms with Crippen molar-refractivity contribution in [2.45, 2.75) is 45.8 Å². The van der Waals surface area contributed by atoms with Gasteiger partial charge in [-0.25, -0.2) is 5.84 Å². The lowest BCUT2D eigenvalue weighted by Crippen LogP contribution is -2.53. The fourth-order valence-corrected chi connectivity index (χ4v) is 2.46. The van der Waals surface area contributed by atoms with E-state index in [9.17, 15) is 4.79 Å². The van der Waals surface area contributed by atoms with Gasteiger partial charge < -0.3 is 4.74 Å². The summed E-state index contributed by atoms with van der Waals surface area (Å²) in [5, 5.41) is 0. The molecule has 1 aliphatic rings. The van der Waals surface area contributed by atoms with Crippen molar-refractivity contribution in [3.8, 4) is 0 Å². The van der Waals surface area contributed by atoms with Crippen LogP contribution in [0.25, 0.3) is 0 Å². The quantitative estimate of drug-likeness (QED) is 0.405. The van der Waals surface area contributed by atoms with E-state index in [1.165, 1.54) is 0 Å². The third-order valence-electron chi connectivity index (χ3n) is 3.30. The standard InChI is InChI=1S/C12H25N3O2/c1-4-15(8-10-6-5-7-17-10)11(9(2)3)12(16)14-13/h9-11H,4-8,13H2,1-3H3,(H,14,16). The molecule has 0 saturated carbocycles. The second-order valence-electron chi connectivity index (χ2n) is 4.92. The van der Waals surface area contributed by atoms with Crippen molar-refractivity contribution >= 4 is 5.91 Å². The Bertz CT molecular complexity index is 240. The molecule has 3 N–H and O–H groups in total. The van der Waals surface area contributed by atoms with E-state index in [1.807, 2.05) is 13.8 Å². The minimum Gasteiger partial charge on any atom is -0.377 e. The van der Waals surface area contributed by atoms with Crippen LogP contribution in [0.5, 0.6) is 0 Å². The van der Waals surface area contributed by atoms with Gasteiger partial charge in [0, 0.05) is 13.2 Å². The molecule has 0 spiro atoms. The average Bonchev–Trinajstić information content (AvgIpc) is 2.80. The Hall–Kier alpha value is -0.650. The first-order chi connectivity index (χ1) is 8.10. The normalized spacial score (nSPS) is 22.1. The number of hydrazine groups is 1. The summed E-state index contributed by atoms with van der Waals surface area (Å²) in [4.78, 5) is 14.0. The first-order valence-corrected chi connectivity index (χ1v) is 6.46. The summed E-state index contributed by atoms with van der Waals surface area (Å²) < 4.78 is 5.62. The molecule has 5 heteroatoms. The molecule has 1 saturated heterocycles. The van der Waals surface area contributed by atoms with E-state index in [-0.39, 0.29) is 24.0 Å². The third-order valence-corrected chi connectivity index (χ3v) is 3.30. The zero-order chi connectivity index (χ0) is 12.8. The highest BCUT2D eigenvalue weighted by atomic mass is 16.5. The van der Waals surface area contributed by atoms with E-state index in [1.54, 1.807) is 0 Å². The molecule has 0 aliphatic carbocycles. The van der Waals surface area contributed by atoms with E-state index in [0.29, 0.717) is 0 Å². The summed E-state index contributed by atoms with van der Waals surface area (Å²) in [5.74, 6) is 5.38. The van der Waals surface area contributed by atoms with Crippen molar-refractivity contribution in [3.05, 3.63) is 0 Å². The Kier molecular flexibility index (Phi) is 5.88. The topological polar surface area (TPSA) is 67.6 Å². The Morgan fingerprint density at radius 3 is 2.71 bits per heavy atom. The van der Waals surface area contributed by atoms with Crippen molar-refractivity contribution in [1.82, 2.24) is 10.3 Å². The van der Waals surface area contributed by atoms with Crippen LogP contribution in [-0.2, 0) is 9.53 Å². The van der Waals surface area contributed by atoms with Crippen LogP contribution in [0.2, 0.25) is 0 Å². The van der Waals surface area contributed by atoms with Crippen LogP contribution in [0.1, 0.15) is 33.6 Å². The van der Waals surface area contributed by atoms with E-state index >= 15 is 0 Å². The number of rotatable bonds is 6. The summed E-state index contributed by atoms with van der Waals surface area (Å²) >= 11 is 0. The highest BCUT2D eigenvalue weighted by molar-refractivity contribution is 5.81. The largest absolute Gasteiger partial charge is 0.377 e. The Morgan fingerprint density at radius 1 is 1.59 bits per heavy atom. The number of hydrogen-bond acceptors (Lipinski definition) is 4. The van der Waals surface area contributed by atoms with Crippen LogP contribution in [0.4, 0.5) is 0 Å². The predicted molar refractivity (Wildman–Crippen MR) is 67.2 cm³/mol. The lowest BCUT2D eigenvalue weighted by molar-refractivity contribution is -0.128. The Balaban J connectivity index is 2.63. The van der Waals surface area contributed by atoms with Gasteiger partial charge in [-0.3, -0.25) is 15.1 Å². The average molecular weight is 243 g/mol. The van der Waals surface area contributed by atoms with Crippen molar-refractivity contribution in [2.24, 2.45) is 11.8 Å². The van der Waals surface area contributed by atoms with Crippen LogP contribution >= 0.6 is 0 Å². The van der Waals surface area contributed by atoms with Crippen molar-refractivity contribution < 1.29 is 9.53 Å². The van der Waals surface area contributed by atoms with Crippen molar-refractivity contribution in [2.75, 3.05) is 19.7 Å². The second-order valence-corrected chi connectivity index (χ2v) is 4.92. The maximum Gasteiger partial charge on any atom is 0.251 e. The number of carbonyl (C=O) groups is 1. The molecule has 1 rings (SSSR count). The van der Waals surface area contributed by atoms with Gasteiger partial charge >= 0.3 is 0 Å². The van der Waals surface area contributed by atoms with Crippen LogP contribution < -0.4 is 11.3 Å². The molecule has 0 bridgehead atoms. The first-order valence-electron chi connectivity index (χ1n) is 6.46. The second kappa shape index (κ2) is 6.93. The summed E-state index contributed by atoms with van der Waals surface area (Å²) in [7, 11) is 0. The molecule has 100 valence electrons. The minimum atomic E-state index is -0.172. The molecule has 2 unspecified atom stereocenters. The maximum atomic E-state index is 11.8. The molecule has 0 aromatic heterocycles. The van der Waals surface area contributed by atoms with Gasteiger partial charge in [-0.1, -0.05) is 20.8 Å². The number of nitrogens with two attached hydrogens (primary N) is 1. The molecule has 0 radical (unpaired) electrons. The van der Waals surface area contributed by atoms with Crippen LogP contribution in [0, 0.1) is 5.92 Å². The molecule has 1 amide bonds. The van der Waals surface area contributed by atoms with Crippen LogP contribution in [0.3, 0.4) is 0 Å². The molecule has 1 heterocycles. The number of nitrogens with zero attached hydrogens (tertiary/aromatic N) is 1. The van der Waals surface area contributed by atoms with Crippen molar-refractivity contribution in [1.29, 1.82) is 0 Å². The fourth-order valence-electron chi connectivity index (χ4n) is 2.46. The highest BCUT2D eigenvalue weighted by Crippen LogP contribution is 2.17. The number of amides is 1. The maximum absolute atomic E-state index is 11.8. The van der Waals surface area contributed by atoms with Crippen molar-refractivity contribution in [3.63, 3.8) is 0 Å². The van der Waals surface area contributed by atoms with Crippen LogP contribution in [0.15, 0.2) is 0 Å². The lowest BCUT2D eigenvalue weighted by Gasteiger charge is -2.33. The predicted octanol–water partition coefficient (Wildman–Crippen LogP) is 0.502. The van der Waals surface area contributed by atoms with Gasteiger partial charge in [0.1, 0.15) is 0 Å². The molecule has 1 aliphatic heterocycles. The van der Waals surface area contributed by atoms with Gasteiger partial charge in [0.15, 0.2) is 0 Å². The van der Waals surface area contributed by atoms with Crippen LogP contribution in [-0.4, -0.2) is 42.6 Å². The van der Waals surface area contributed by atoms with E-state index in [0.717, 1.165) is 32.5 Å². The monoisotopic (exact) mass is 243 g/mol. The third kappa shape index (κ3) is 3.94. The number of carbonyl (C=O) groups excluding carboxylic acids is 1. The Morgan fingerprint density at radius 2 is 2.29 bits per heavy atom. The molecule has 2 atom stereocenters. The summed E-state index contributed by atoms with van der Waals surface area (Å²) in [6, 6.07) is -0.172. The number of nitrogens with one attached hydrogen (secondary N) is 1. The van der Waals surface area contributed by atoms with Gasteiger partial charge in [0.25, 0.3) is 5.91 Å². The smallest absolute Gasteiger partial charge is 0.251 e. The molecule has 17 heavy (non-hydrogen) atoms. The summed E-state index contributed by atoms with van der Waals surface area (Å²) in [6.45, 7) is 8.63. The number of hydrogen-bond donors (Lipinski definition) is 2. The SMILES string of the molecule is CCN(CC1CCCO1)C(C(=O)NN)C(C)C. The van der Waals surface area contributed by atoms with Gasteiger partial charge in [-0.05, 0) is 25.3 Å². The number of likely N-dealkylation sites (N-methyl/N-ethyl adjacent to an activating group) is 1. The van der Waals surface area contributed by atoms with Gasteiger partial charge in [0.05, 0.1) is 12.1 Å². The van der Waals surface area contributed by atoms with E-state index in [2.05, 4.69) is 17.2 Å². The number of ether oxygens (including phenoxy) is 1. The lowest BCUT2D eigenvalue weighted by atomic mass is 10.0. The molecule has 1 fully saturated rings.